The number of hydrogen-bond acceptors (Lipinski definition) is 1. The molecule has 0 saturated heterocycles. The van der Waals surface area contributed by atoms with Crippen LogP contribution < -0.4 is 0 Å². The summed E-state index contributed by atoms with van der Waals surface area (Å²) >= 11 is 5.74. The minimum atomic E-state index is -0.393. The Bertz CT molecular complexity index is 298. The Labute approximate surface area is 83.7 Å². The minimum absolute atomic E-state index is 0.393. The van der Waals surface area contributed by atoms with Gasteiger partial charge in [0.1, 0.15) is 0 Å². The lowest BCUT2D eigenvalue weighted by Gasteiger charge is -2.03. The summed E-state index contributed by atoms with van der Waals surface area (Å²) in [5, 5.41) is 9.97. The number of aliphatic hydroxyl groups excluding tert-OH is 1. The SMILES string of the molecule is C/C(=C\c1ccc(Cl)cc1)C(C)O. The Morgan fingerprint density at radius 3 is 2.38 bits per heavy atom. The van der Waals surface area contributed by atoms with Gasteiger partial charge < -0.3 is 5.11 Å². The molecular formula is C11H13ClO. The highest BCUT2D eigenvalue weighted by atomic mass is 35.5. The molecule has 0 bridgehead atoms. The summed E-state index contributed by atoms with van der Waals surface area (Å²) in [7, 11) is 0. The molecule has 0 radical (unpaired) electrons. The van der Waals surface area contributed by atoms with E-state index in [1.165, 1.54) is 0 Å². The highest BCUT2D eigenvalue weighted by Gasteiger charge is 1.97. The zero-order valence-electron chi connectivity index (χ0n) is 7.79. The second-order valence-electron chi connectivity index (χ2n) is 3.12. The van der Waals surface area contributed by atoms with Crippen molar-refractivity contribution in [3.63, 3.8) is 0 Å². The first-order valence-corrected chi connectivity index (χ1v) is 4.59. The smallest absolute Gasteiger partial charge is 0.0722 e. The molecule has 70 valence electrons. The van der Waals surface area contributed by atoms with Crippen molar-refractivity contribution in [2.45, 2.75) is 20.0 Å². The van der Waals surface area contributed by atoms with Gasteiger partial charge in [-0.25, -0.2) is 0 Å². The number of aliphatic hydroxyl groups is 1. The summed E-state index contributed by atoms with van der Waals surface area (Å²) in [5.74, 6) is 0. The van der Waals surface area contributed by atoms with Crippen molar-refractivity contribution in [2.75, 3.05) is 0 Å². The number of rotatable bonds is 2. The summed E-state index contributed by atoms with van der Waals surface area (Å²) in [6, 6.07) is 7.52. The van der Waals surface area contributed by atoms with Crippen LogP contribution in [0.3, 0.4) is 0 Å². The Kier molecular flexibility index (Phi) is 3.52. The molecule has 13 heavy (non-hydrogen) atoms. The molecule has 0 aliphatic heterocycles. The predicted molar refractivity (Wildman–Crippen MR) is 56.8 cm³/mol. The Balaban J connectivity index is 2.85. The van der Waals surface area contributed by atoms with Gasteiger partial charge in [0.2, 0.25) is 0 Å². The van der Waals surface area contributed by atoms with Crippen molar-refractivity contribution in [3.05, 3.63) is 40.4 Å². The molecule has 2 heteroatoms. The molecular weight excluding hydrogens is 184 g/mol. The molecule has 1 atom stereocenters. The Hall–Kier alpha value is -0.790. The van der Waals surface area contributed by atoms with Gasteiger partial charge in [-0.2, -0.15) is 0 Å². The van der Waals surface area contributed by atoms with E-state index in [4.69, 9.17) is 11.6 Å². The molecule has 1 aromatic carbocycles. The first-order valence-electron chi connectivity index (χ1n) is 4.21. The van der Waals surface area contributed by atoms with E-state index >= 15 is 0 Å². The number of halogens is 1. The van der Waals surface area contributed by atoms with Crippen LogP contribution in [0.25, 0.3) is 6.08 Å². The summed E-state index contributed by atoms with van der Waals surface area (Å²) in [6.45, 7) is 3.65. The van der Waals surface area contributed by atoms with Gasteiger partial charge in [0.15, 0.2) is 0 Å². The molecule has 0 heterocycles. The molecule has 1 nitrogen and oxygen atoms in total. The Morgan fingerprint density at radius 1 is 1.38 bits per heavy atom. The van der Waals surface area contributed by atoms with Crippen LogP contribution in [-0.2, 0) is 0 Å². The van der Waals surface area contributed by atoms with E-state index in [0.29, 0.717) is 0 Å². The maximum Gasteiger partial charge on any atom is 0.0722 e. The molecule has 1 unspecified atom stereocenters. The van der Waals surface area contributed by atoms with Crippen molar-refractivity contribution in [2.24, 2.45) is 0 Å². The predicted octanol–water partition coefficient (Wildman–Crippen LogP) is 3.12. The maximum atomic E-state index is 9.24. The summed E-state index contributed by atoms with van der Waals surface area (Å²) in [4.78, 5) is 0. The van der Waals surface area contributed by atoms with Gasteiger partial charge in [-0.15, -0.1) is 0 Å². The largest absolute Gasteiger partial charge is 0.389 e. The quantitative estimate of drug-likeness (QED) is 0.771. The average molecular weight is 197 g/mol. The molecule has 0 aliphatic rings. The van der Waals surface area contributed by atoms with Crippen LogP contribution in [0.2, 0.25) is 5.02 Å². The second kappa shape index (κ2) is 4.45. The molecule has 0 spiro atoms. The van der Waals surface area contributed by atoms with Crippen LogP contribution in [0.15, 0.2) is 29.8 Å². The highest BCUT2D eigenvalue weighted by molar-refractivity contribution is 6.30. The zero-order chi connectivity index (χ0) is 9.84. The van der Waals surface area contributed by atoms with Gasteiger partial charge in [0.25, 0.3) is 0 Å². The van der Waals surface area contributed by atoms with Gasteiger partial charge in [-0.05, 0) is 37.1 Å². The standard InChI is InChI=1S/C11H13ClO/c1-8(9(2)13)7-10-3-5-11(12)6-4-10/h3-7,9,13H,1-2H3/b8-7+. The second-order valence-corrected chi connectivity index (χ2v) is 3.55. The van der Waals surface area contributed by atoms with Crippen LogP contribution in [0.4, 0.5) is 0 Å². The first kappa shape index (κ1) is 10.3. The highest BCUT2D eigenvalue weighted by Crippen LogP contribution is 2.13. The third kappa shape index (κ3) is 3.21. The summed E-state index contributed by atoms with van der Waals surface area (Å²) < 4.78 is 0. The van der Waals surface area contributed by atoms with Gasteiger partial charge >= 0.3 is 0 Å². The topological polar surface area (TPSA) is 20.2 Å². The molecule has 0 amide bonds. The lowest BCUT2D eigenvalue weighted by Crippen LogP contribution is -2.00. The van der Waals surface area contributed by atoms with Gasteiger partial charge in [-0.1, -0.05) is 29.8 Å². The fourth-order valence-corrected chi connectivity index (χ4v) is 1.07. The lowest BCUT2D eigenvalue weighted by atomic mass is 10.1. The third-order valence-electron chi connectivity index (χ3n) is 1.92. The van der Waals surface area contributed by atoms with Crippen molar-refractivity contribution >= 4 is 17.7 Å². The van der Waals surface area contributed by atoms with E-state index in [-0.39, 0.29) is 0 Å². The Morgan fingerprint density at radius 2 is 1.92 bits per heavy atom. The van der Waals surface area contributed by atoms with Crippen LogP contribution in [0.5, 0.6) is 0 Å². The number of benzene rings is 1. The fourth-order valence-electron chi connectivity index (χ4n) is 0.942. The third-order valence-corrected chi connectivity index (χ3v) is 2.18. The fraction of sp³-hybridized carbons (Fsp3) is 0.273. The van der Waals surface area contributed by atoms with E-state index in [1.807, 2.05) is 37.3 Å². The molecule has 0 aromatic heterocycles. The van der Waals surface area contributed by atoms with Crippen molar-refractivity contribution in [3.8, 4) is 0 Å². The van der Waals surface area contributed by atoms with E-state index in [2.05, 4.69) is 0 Å². The normalized spacial score (nSPS) is 14.3. The molecule has 0 fully saturated rings. The lowest BCUT2D eigenvalue weighted by molar-refractivity contribution is 0.232. The average Bonchev–Trinajstić information content (AvgIpc) is 2.08. The van der Waals surface area contributed by atoms with E-state index in [1.54, 1.807) is 6.92 Å². The molecule has 0 aliphatic carbocycles. The van der Waals surface area contributed by atoms with Crippen molar-refractivity contribution < 1.29 is 5.11 Å². The van der Waals surface area contributed by atoms with E-state index in [9.17, 15) is 5.11 Å². The molecule has 1 N–H and O–H groups in total. The van der Waals surface area contributed by atoms with Gasteiger partial charge in [-0.3, -0.25) is 0 Å². The summed E-state index contributed by atoms with van der Waals surface area (Å²) in [6.07, 6.45) is 1.55. The van der Waals surface area contributed by atoms with E-state index < -0.39 is 6.10 Å². The van der Waals surface area contributed by atoms with Crippen LogP contribution in [0, 0.1) is 0 Å². The molecule has 1 aromatic rings. The summed E-state index contributed by atoms with van der Waals surface area (Å²) in [5.41, 5.74) is 2.00. The molecule has 0 saturated carbocycles. The monoisotopic (exact) mass is 196 g/mol. The van der Waals surface area contributed by atoms with Crippen molar-refractivity contribution in [1.82, 2.24) is 0 Å². The van der Waals surface area contributed by atoms with Gasteiger partial charge in [0, 0.05) is 5.02 Å². The van der Waals surface area contributed by atoms with Crippen LogP contribution in [0.1, 0.15) is 19.4 Å². The van der Waals surface area contributed by atoms with Gasteiger partial charge in [0.05, 0.1) is 6.10 Å². The minimum Gasteiger partial charge on any atom is -0.389 e. The zero-order valence-corrected chi connectivity index (χ0v) is 8.55. The van der Waals surface area contributed by atoms with Crippen molar-refractivity contribution in [1.29, 1.82) is 0 Å². The van der Waals surface area contributed by atoms with E-state index in [0.717, 1.165) is 16.2 Å². The van der Waals surface area contributed by atoms with Crippen LogP contribution >= 0.6 is 11.6 Å². The molecule has 1 rings (SSSR count). The maximum absolute atomic E-state index is 9.24. The van der Waals surface area contributed by atoms with Crippen LogP contribution in [-0.4, -0.2) is 11.2 Å². The first-order chi connectivity index (χ1) is 6.09. The number of hydrogen-bond donors (Lipinski definition) is 1.